The van der Waals surface area contributed by atoms with Gasteiger partial charge in [-0.1, -0.05) is 0 Å². The van der Waals surface area contributed by atoms with Gasteiger partial charge in [0.2, 0.25) is 17.8 Å². The number of aromatic nitrogens is 5. The maximum absolute atomic E-state index is 6.30. The predicted molar refractivity (Wildman–Crippen MR) is 165 cm³/mol. The van der Waals surface area contributed by atoms with Gasteiger partial charge in [0.05, 0.1) is 11.0 Å². The van der Waals surface area contributed by atoms with Crippen LogP contribution in [-0.4, -0.2) is 55.5 Å². The molecule has 41 heavy (non-hydrogen) atoms. The second-order valence-corrected chi connectivity index (χ2v) is 11.1. The molecule has 7 N–H and O–H groups in total. The topological polar surface area (TPSA) is 156 Å². The van der Waals surface area contributed by atoms with E-state index in [1.165, 1.54) is 25.9 Å². The van der Waals surface area contributed by atoms with Gasteiger partial charge in [-0.25, -0.2) is 0 Å². The minimum atomic E-state index is 0.296. The SMILES string of the molecule is Cc1cc(N)c2cc(Nc3nc(Nc4ccc5nc(C)cc(N)c5c4)nc(NC4CN5CCC4CC5)n3)ccc2n1. The molecule has 8 rings (SSSR count). The number of benzene rings is 2. The molecule has 5 aromatic rings. The van der Waals surface area contributed by atoms with Gasteiger partial charge in [0.25, 0.3) is 0 Å². The Balaban J connectivity index is 1.22. The van der Waals surface area contributed by atoms with E-state index in [4.69, 9.17) is 26.4 Å². The molecule has 6 heterocycles. The summed E-state index contributed by atoms with van der Waals surface area (Å²) >= 11 is 0. The number of rotatable bonds is 6. The van der Waals surface area contributed by atoms with E-state index in [1.807, 2.05) is 62.4 Å². The second kappa shape index (κ2) is 10.0. The maximum atomic E-state index is 6.30. The fraction of sp³-hybridized carbons (Fsp3) is 0.300. The summed E-state index contributed by atoms with van der Waals surface area (Å²) in [4.78, 5) is 25.9. The third-order valence-corrected chi connectivity index (χ3v) is 8.06. The highest BCUT2D eigenvalue weighted by Gasteiger charge is 2.34. The van der Waals surface area contributed by atoms with E-state index in [2.05, 4.69) is 30.8 Å². The van der Waals surface area contributed by atoms with Crippen LogP contribution in [0.4, 0.5) is 40.6 Å². The molecule has 11 nitrogen and oxygen atoms in total. The number of anilines is 7. The van der Waals surface area contributed by atoms with Crippen LogP contribution < -0.4 is 27.4 Å². The number of fused-ring (bicyclic) bond motifs is 5. The Morgan fingerprint density at radius 3 is 1.68 bits per heavy atom. The summed E-state index contributed by atoms with van der Waals surface area (Å²) < 4.78 is 0. The van der Waals surface area contributed by atoms with Crippen LogP contribution in [0.5, 0.6) is 0 Å². The van der Waals surface area contributed by atoms with E-state index in [-0.39, 0.29) is 0 Å². The van der Waals surface area contributed by atoms with Crippen molar-refractivity contribution in [1.82, 2.24) is 29.8 Å². The number of piperidine rings is 3. The molecule has 3 aromatic heterocycles. The van der Waals surface area contributed by atoms with Crippen molar-refractivity contribution in [3.8, 4) is 0 Å². The summed E-state index contributed by atoms with van der Waals surface area (Å²) in [5.41, 5.74) is 19.0. The van der Waals surface area contributed by atoms with Crippen LogP contribution >= 0.6 is 0 Å². The van der Waals surface area contributed by atoms with Crippen molar-refractivity contribution in [2.45, 2.75) is 32.7 Å². The fourth-order valence-corrected chi connectivity index (χ4v) is 6.04. The Bertz CT molecular complexity index is 1670. The van der Waals surface area contributed by atoms with Crippen LogP contribution in [0.1, 0.15) is 24.2 Å². The maximum Gasteiger partial charge on any atom is 0.233 e. The van der Waals surface area contributed by atoms with Crippen LogP contribution in [0, 0.1) is 19.8 Å². The van der Waals surface area contributed by atoms with Crippen LogP contribution in [0.3, 0.4) is 0 Å². The number of nitrogens with two attached hydrogens (primary N) is 2. The van der Waals surface area contributed by atoms with Crippen molar-refractivity contribution in [1.29, 1.82) is 0 Å². The van der Waals surface area contributed by atoms with E-state index >= 15 is 0 Å². The van der Waals surface area contributed by atoms with Gasteiger partial charge in [-0.3, -0.25) is 9.97 Å². The molecule has 11 heteroatoms. The van der Waals surface area contributed by atoms with Gasteiger partial charge in [0, 0.05) is 57.5 Å². The molecule has 0 spiro atoms. The number of nitrogens with one attached hydrogen (secondary N) is 3. The monoisotopic (exact) mass is 547 g/mol. The normalized spacial score (nSPS) is 19.9. The Morgan fingerprint density at radius 1 is 0.683 bits per heavy atom. The van der Waals surface area contributed by atoms with E-state index in [1.54, 1.807) is 0 Å². The molecule has 1 unspecified atom stereocenters. The van der Waals surface area contributed by atoms with E-state index in [0.29, 0.717) is 41.2 Å². The predicted octanol–water partition coefficient (Wildman–Crippen LogP) is 4.74. The summed E-state index contributed by atoms with van der Waals surface area (Å²) in [5.74, 6) is 1.98. The first-order valence-electron chi connectivity index (χ1n) is 14.0. The van der Waals surface area contributed by atoms with Crippen LogP contribution in [0.2, 0.25) is 0 Å². The molecule has 3 aliphatic rings. The average molecular weight is 548 g/mol. The van der Waals surface area contributed by atoms with Crippen molar-refractivity contribution < 1.29 is 0 Å². The van der Waals surface area contributed by atoms with Crippen molar-refractivity contribution in [3.63, 3.8) is 0 Å². The van der Waals surface area contributed by atoms with Gasteiger partial charge in [0.1, 0.15) is 0 Å². The van der Waals surface area contributed by atoms with Gasteiger partial charge in [-0.05, 0) is 94.2 Å². The van der Waals surface area contributed by atoms with Crippen molar-refractivity contribution >= 4 is 62.4 Å². The molecule has 208 valence electrons. The van der Waals surface area contributed by atoms with E-state index in [9.17, 15) is 0 Å². The standard InChI is InChI=1S/C30H33N11/c1-16-11-23(31)21-13-19(3-5-25(21)33-16)35-28-38-29(36-20-4-6-26-22(14-20)24(32)12-17(2)34-26)40-30(39-28)37-27-15-41-9-7-18(27)8-10-41/h3-6,11-14,18,27H,7-10,15H2,1-2H3,(H2,31,33)(H2,32,34)(H3,35,36,37,38,39,40). The van der Waals surface area contributed by atoms with Gasteiger partial charge < -0.3 is 32.3 Å². The highest BCUT2D eigenvalue weighted by Crippen LogP contribution is 2.31. The van der Waals surface area contributed by atoms with Gasteiger partial charge in [-0.15, -0.1) is 0 Å². The number of pyridine rings is 2. The zero-order valence-corrected chi connectivity index (χ0v) is 23.1. The summed E-state index contributed by atoms with van der Waals surface area (Å²) in [5, 5.41) is 12.1. The zero-order valence-electron chi connectivity index (χ0n) is 23.1. The molecule has 1 atom stereocenters. The number of aryl methyl sites for hydroxylation is 2. The first-order valence-corrected chi connectivity index (χ1v) is 14.0. The third kappa shape index (κ3) is 5.11. The smallest absolute Gasteiger partial charge is 0.233 e. The van der Waals surface area contributed by atoms with Gasteiger partial charge in [-0.2, -0.15) is 15.0 Å². The van der Waals surface area contributed by atoms with E-state index < -0.39 is 0 Å². The van der Waals surface area contributed by atoms with Crippen molar-refractivity contribution in [2.24, 2.45) is 5.92 Å². The zero-order chi connectivity index (χ0) is 28.1. The summed E-state index contributed by atoms with van der Waals surface area (Å²) in [6, 6.07) is 15.8. The number of hydrogen-bond acceptors (Lipinski definition) is 11. The van der Waals surface area contributed by atoms with E-state index in [0.717, 1.165) is 51.1 Å². The quantitative estimate of drug-likeness (QED) is 0.200. The Hall–Kier alpha value is -4.77. The van der Waals surface area contributed by atoms with Crippen molar-refractivity contribution in [3.05, 3.63) is 59.9 Å². The molecule has 0 saturated carbocycles. The molecule has 3 aliphatic heterocycles. The summed E-state index contributed by atoms with van der Waals surface area (Å²) in [6.07, 6.45) is 2.38. The molecular formula is C30H33N11. The summed E-state index contributed by atoms with van der Waals surface area (Å²) in [7, 11) is 0. The lowest BCUT2D eigenvalue weighted by atomic mass is 9.84. The molecule has 3 fully saturated rings. The Kier molecular flexibility index (Phi) is 6.15. The minimum absolute atomic E-state index is 0.296. The van der Waals surface area contributed by atoms with Gasteiger partial charge in [0.15, 0.2) is 0 Å². The van der Waals surface area contributed by atoms with Gasteiger partial charge >= 0.3 is 0 Å². The highest BCUT2D eigenvalue weighted by molar-refractivity contribution is 5.94. The molecule has 2 bridgehead atoms. The number of nitrogen functional groups attached to an aromatic ring is 2. The van der Waals surface area contributed by atoms with Crippen LogP contribution in [-0.2, 0) is 0 Å². The first kappa shape index (κ1) is 25.2. The molecular weight excluding hydrogens is 514 g/mol. The third-order valence-electron chi connectivity index (χ3n) is 8.06. The second-order valence-electron chi connectivity index (χ2n) is 11.1. The first-order chi connectivity index (χ1) is 19.9. The lowest BCUT2D eigenvalue weighted by molar-refractivity contribution is 0.0972. The lowest BCUT2D eigenvalue weighted by Crippen LogP contribution is -2.53. The Morgan fingerprint density at radius 2 is 1.20 bits per heavy atom. The summed E-state index contributed by atoms with van der Waals surface area (Å²) in [6.45, 7) is 7.20. The average Bonchev–Trinajstić information content (AvgIpc) is 2.94. The molecule has 0 radical (unpaired) electrons. The lowest BCUT2D eigenvalue weighted by Gasteiger charge is -2.44. The highest BCUT2D eigenvalue weighted by atomic mass is 15.3. The Labute approximate surface area is 237 Å². The molecule has 0 amide bonds. The van der Waals surface area contributed by atoms with Crippen LogP contribution in [0.15, 0.2) is 48.5 Å². The fourth-order valence-electron chi connectivity index (χ4n) is 6.04. The molecule has 0 aliphatic carbocycles. The number of nitrogens with zero attached hydrogens (tertiary/aromatic N) is 6. The molecule has 2 aromatic carbocycles. The molecule has 3 saturated heterocycles. The van der Waals surface area contributed by atoms with Crippen molar-refractivity contribution in [2.75, 3.05) is 47.1 Å². The number of hydrogen-bond donors (Lipinski definition) is 5. The largest absolute Gasteiger partial charge is 0.398 e. The van der Waals surface area contributed by atoms with Crippen LogP contribution in [0.25, 0.3) is 21.8 Å². The minimum Gasteiger partial charge on any atom is -0.398 e.